The van der Waals surface area contributed by atoms with Gasteiger partial charge in [-0.2, -0.15) is 0 Å². The number of nitrogens with zero attached hydrogens (tertiary/aromatic N) is 1. The van der Waals surface area contributed by atoms with Crippen molar-refractivity contribution in [1.29, 1.82) is 0 Å². The van der Waals surface area contributed by atoms with E-state index in [9.17, 15) is 4.79 Å². The number of halogens is 1. The number of benzene rings is 1. The molecule has 4 heteroatoms. The van der Waals surface area contributed by atoms with Crippen LogP contribution in [-0.4, -0.2) is 30.4 Å². The lowest BCUT2D eigenvalue weighted by Gasteiger charge is -2.38. The maximum absolute atomic E-state index is 12.9. The summed E-state index contributed by atoms with van der Waals surface area (Å²) in [6, 6.07) is 5.77. The van der Waals surface area contributed by atoms with Crippen molar-refractivity contribution in [2.75, 3.05) is 18.9 Å². The summed E-state index contributed by atoms with van der Waals surface area (Å²) in [5, 5.41) is 3.68. The third-order valence-corrected chi connectivity index (χ3v) is 4.30. The number of hydrogen-bond donors (Lipinski definition) is 1. The van der Waals surface area contributed by atoms with E-state index in [4.69, 9.17) is 11.6 Å². The zero-order valence-corrected chi connectivity index (χ0v) is 13.2. The van der Waals surface area contributed by atoms with Crippen LogP contribution >= 0.6 is 11.6 Å². The fraction of sp³-hybridized carbons (Fsp3) is 0.562. The molecule has 110 valence electrons. The van der Waals surface area contributed by atoms with Gasteiger partial charge in [-0.3, -0.25) is 4.79 Å². The zero-order valence-electron chi connectivity index (χ0n) is 12.4. The number of hydrogen-bond acceptors (Lipinski definition) is 2. The Morgan fingerprint density at radius 2 is 2.15 bits per heavy atom. The fourth-order valence-electron chi connectivity index (χ4n) is 2.97. The summed E-state index contributed by atoms with van der Waals surface area (Å²) in [6.07, 6.45) is 3.39. The first kappa shape index (κ1) is 15.2. The zero-order chi connectivity index (χ0) is 14.7. The van der Waals surface area contributed by atoms with Crippen molar-refractivity contribution in [1.82, 2.24) is 4.90 Å². The minimum Gasteiger partial charge on any atom is -0.387 e. The highest BCUT2D eigenvalue weighted by molar-refractivity contribution is 6.31. The van der Waals surface area contributed by atoms with Gasteiger partial charge in [0.1, 0.15) is 0 Å². The van der Waals surface area contributed by atoms with Crippen LogP contribution in [0.5, 0.6) is 0 Å². The number of carbonyl (C=O) groups is 1. The smallest absolute Gasteiger partial charge is 0.256 e. The van der Waals surface area contributed by atoms with Crippen molar-refractivity contribution >= 4 is 23.2 Å². The highest BCUT2D eigenvalue weighted by atomic mass is 35.5. The lowest BCUT2D eigenvalue weighted by atomic mass is 9.92. The van der Waals surface area contributed by atoms with Gasteiger partial charge in [0, 0.05) is 30.3 Å². The highest BCUT2D eigenvalue weighted by Gasteiger charge is 2.30. The first-order valence-corrected chi connectivity index (χ1v) is 7.70. The van der Waals surface area contributed by atoms with Crippen molar-refractivity contribution in [2.24, 2.45) is 5.92 Å². The number of anilines is 1. The van der Waals surface area contributed by atoms with E-state index in [1.54, 1.807) is 12.1 Å². The van der Waals surface area contributed by atoms with Gasteiger partial charge in [-0.05, 0) is 43.4 Å². The summed E-state index contributed by atoms with van der Waals surface area (Å²) in [5.74, 6) is 0.576. The van der Waals surface area contributed by atoms with Crippen LogP contribution in [0.15, 0.2) is 18.2 Å². The Labute approximate surface area is 126 Å². The maximum atomic E-state index is 12.9. The van der Waals surface area contributed by atoms with E-state index in [1.807, 2.05) is 18.0 Å². The molecule has 1 fully saturated rings. The molecule has 1 amide bonds. The molecule has 1 N–H and O–H groups in total. The number of rotatable bonds is 3. The predicted molar refractivity (Wildman–Crippen MR) is 84.5 cm³/mol. The lowest BCUT2D eigenvalue weighted by Crippen LogP contribution is -2.46. The molecule has 0 aliphatic carbocycles. The van der Waals surface area contributed by atoms with Crippen LogP contribution in [0.3, 0.4) is 0 Å². The van der Waals surface area contributed by atoms with Gasteiger partial charge in [0.2, 0.25) is 0 Å². The van der Waals surface area contributed by atoms with Gasteiger partial charge >= 0.3 is 0 Å². The average molecular weight is 295 g/mol. The quantitative estimate of drug-likeness (QED) is 0.913. The van der Waals surface area contributed by atoms with E-state index >= 15 is 0 Å². The Bertz CT molecular complexity index is 487. The van der Waals surface area contributed by atoms with Crippen LogP contribution in [0, 0.1) is 5.92 Å². The molecule has 1 saturated heterocycles. The number of piperidine rings is 1. The third-order valence-electron chi connectivity index (χ3n) is 4.06. The van der Waals surface area contributed by atoms with Gasteiger partial charge in [0.05, 0.1) is 5.56 Å². The van der Waals surface area contributed by atoms with Crippen LogP contribution in [-0.2, 0) is 0 Å². The summed E-state index contributed by atoms with van der Waals surface area (Å²) >= 11 is 6.06. The minimum absolute atomic E-state index is 0.0928. The summed E-state index contributed by atoms with van der Waals surface area (Å²) in [5.41, 5.74) is 1.51. The van der Waals surface area contributed by atoms with Crippen LogP contribution in [0.1, 0.15) is 43.5 Å². The Hall–Kier alpha value is -1.22. The first-order chi connectivity index (χ1) is 9.54. The predicted octanol–water partition coefficient (Wildman–Crippen LogP) is 4.03. The molecule has 1 unspecified atom stereocenters. The number of likely N-dealkylation sites (tertiary alicyclic amines) is 1. The molecule has 1 aromatic rings. The standard InChI is InChI=1S/C16H23ClN2O/c1-11(2)15-6-4-5-9-19(15)16(20)13-10-12(17)7-8-14(13)18-3/h7-8,10-11,15,18H,4-6,9H2,1-3H3. The van der Waals surface area contributed by atoms with Gasteiger partial charge in [0.15, 0.2) is 0 Å². The highest BCUT2D eigenvalue weighted by Crippen LogP contribution is 2.28. The molecule has 1 atom stereocenters. The fourth-order valence-corrected chi connectivity index (χ4v) is 3.14. The molecule has 0 spiro atoms. The first-order valence-electron chi connectivity index (χ1n) is 7.33. The Morgan fingerprint density at radius 3 is 2.80 bits per heavy atom. The Kier molecular flexibility index (Phi) is 4.92. The molecule has 20 heavy (non-hydrogen) atoms. The normalized spacial score (nSPS) is 19.2. The van der Waals surface area contributed by atoms with Crippen molar-refractivity contribution in [3.63, 3.8) is 0 Å². The van der Waals surface area contributed by atoms with Crippen LogP contribution in [0.2, 0.25) is 5.02 Å². The summed E-state index contributed by atoms with van der Waals surface area (Å²) in [6.45, 7) is 5.22. The van der Waals surface area contributed by atoms with Crippen molar-refractivity contribution in [3.8, 4) is 0 Å². The Morgan fingerprint density at radius 1 is 1.40 bits per heavy atom. The topological polar surface area (TPSA) is 32.3 Å². The van der Waals surface area contributed by atoms with Crippen LogP contribution in [0.25, 0.3) is 0 Å². The molecular formula is C16H23ClN2O. The van der Waals surface area contributed by atoms with E-state index in [0.29, 0.717) is 22.5 Å². The Balaban J connectivity index is 2.31. The van der Waals surface area contributed by atoms with E-state index < -0.39 is 0 Å². The average Bonchev–Trinajstić information content (AvgIpc) is 2.46. The second-order valence-corrected chi connectivity index (χ2v) is 6.18. The van der Waals surface area contributed by atoms with Crippen LogP contribution in [0.4, 0.5) is 5.69 Å². The van der Waals surface area contributed by atoms with Crippen molar-refractivity contribution in [2.45, 2.75) is 39.2 Å². The molecule has 1 aliphatic rings. The number of nitrogens with one attached hydrogen (secondary N) is 1. The molecular weight excluding hydrogens is 272 g/mol. The van der Waals surface area contributed by atoms with Gasteiger partial charge in [0.25, 0.3) is 5.91 Å². The largest absolute Gasteiger partial charge is 0.387 e. The van der Waals surface area contributed by atoms with Crippen molar-refractivity contribution < 1.29 is 4.79 Å². The van der Waals surface area contributed by atoms with E-state index in [1.165, 1.54) is 6.42 Å². The summed E-state index contributed by atoms with van der Waals surface area (Å²) < 4.78 is 0. The van der Waals surface area contributed by atoms with Gasteiger partial charge in [-0.25, -0.2) is 0 Å². The molecule has 1 aromatic carbocycles. The molecule has 0 aromatic heterocycles. The second kappa shape index (κ2) is 6.49. The molecule has 3 nitrogen and oxygen atoms in total. The number of amides is 1. The van der Waals surface area contributed by atoms with Gasteiger partial charge in [-0.1, -0.05) is 25.4 Å². The second-order valence-electron chi connectivity index (χ2n) is 5.75. The van der Waals surface area contributed by atoms with E-state index in [0.717, 1.165) is 25.1 Å². The third kappa shape index (κ3) is 3.09. The lowest BCUT2D eigenvalue weighted by molar-refractivity contribution is 0.0544. The monoisotopic (exact) mass is 294 g/mol. The molecule has 0 saturated carbocycles. The SMILES string of the molecule is CNc1ccc(Cl)cc1C(=O)N1CCCCC1C(C)C. The maximum Gasteiger partial charge on any atom is 0.256 e. The minimum atomic E-state index is 0.0928. The van der Waals surface area contributed by atoms with E-state index in [2.05, 4.69) is 19.2 Å². The molecule has 1 heterocycles. The molecule has 2 rings (SSSR count). The molecule has 0 radical (unpaired) electrons. The number of carbonyl (C=O) groups excluding carboxylic acids is 1. The van der Waals surface area contributed by atoms with Crippen molar-refractivity contribution in [3.05, 3.63) is 28.8 Å². The molecule has 1 aliphatic heterocycles. The van der Waals surface area contributed by atoms with Gasteiger partial charge < -0.3 is 10.2 Å². The van der Waals surface area contributed by atoms with Gasteiger partial charge in [-0.15, -0.1) is 0 Å². The van der Waals surface area contributed by atoms with E-state index in [-0.39, 0.29) is 5.91 Å². The molecule has 0 bridgehead atoms. The summed E-state index contributed by atoms with van der Waals surface area (Å²) in [4.78, 5) is 14.9. The summed E-state index contributed by atoms with van der Waals surface area (Å²) in [7, 11) is 1.83. The van der Waals surface area contributed by atoms with Crippen LogP contribution < -0.4 is 5.32 Å².